The van der Waals surface area contributed by atoms with Crippen molar-refractivity contribution in [3.05, 3.63) is 34.9 Å². The predicted molar refractivity (Wildman–Crippen MR) is 77.6 cm³/mol. The van der Waals surface area contributed by atoms with Crippen LogP contribution in [-0.4, -0.2) is 17.0 Å². The van der Waals surface area contributed by atoms with Crippen LogP contribution in [0.25, 0.3) is 0 Å². The number of carbonyl (C=O) groups excluding carboxylic acids is 1. The first-order chi connectivity index (χ1) is 8.62. The van der Waals surface area contributed by atoms with Gasteiger partial charge in [-0.15, -0.1) is 0 Å². The highest BCUT2D eigenvalue weighted by molar-refractivity contribution is 5.99. The Hall–Kier alpha value is -1.15. The van der Waals surface area contributed by atoms with Crippen molar-refractivity contribution in [3.8, 4) is 0 Å². The average Bonchev–Trinajstić information content (AvgIpc) is 2.49. The number of ether oxygens (including phenoxy) is 1. The molecule has 2 nitrogen and oxygen atoms in total. The van der Waals surface area contributed by atoms with E-state index in [0.29, 0.717) is 0 Å². The Morgan fingerprint density at radius 1 is 1.16 bits per heavy atom. The van der Waals surface area contributed by atoms with Crippen molar-refractivity contribution in [3.63, 3.8) is 0 Å². The zero-order chi connectivity index (χ0) is 14.4. The zero-order valence-electron chi connectivity index (χ0n) is 12.8. The van der Waals surface area contributed by atoms with Crippen molar-refractivity contribution in [1.29, 1.82) is 0 Å². The number of aryl methyl sites for hydroxylation is 2. The van der Waals surface area contributed by atoms with Gasteiger partial charge >= 0.3 is 0 Å². The summed E-state index contributed by atoms with van der Waals surface area (Å²) >= 11 is 0. The summed E-state index contributed by atoms with van der Waals surface area (Å²) in [5, 5.41) is 0. The van der Waals surface area contributed by atoms with Gasteiger partial charge in [0.2, 0.25) is 0 Å². The van der Waals surface area contributed by atoms with Crippen molar-refractivity contribution >= 4 is 5.78 Å². The molecular formula is C17H24O2. The van der Waals surface area contributed by atoms with Gasteiger partial charge in [-0.2, -0.15) is 0 Å². The Morgan fingerprint density at radius 3 is 2.26 bits per heavy atom. The lowest BCUT2D eigenvalue weighted by Crippen LogP contribution is -2.33. The SMILES string of the molecule is Cc1ccc(C(=O)C2CC(C)(C)OC2(C)C)cc1C. The van der Waals surface area contributed by atoms with E-state index >= 15 is 0 Å². The van der Waals surface area contributed by atoms with Gasteiger partial charge in [-0.3, -0.25) is 4.79 Å². The van der Waals surface area contributed by atoms with Crippen molar-refractivity contribution in [2.45, 2.75) is 59.2 Å². The summed E-state index contributed by atoms with van der Waals surface area (Å²) in [6.45, 7) is 12.3. The van der Waals surface area contributed by atoms with E-state index < -0.39 is 0 Å². The van der Waals surface area contributed by atoms with Crippen LogP contribution in [0.5, 0.6) is 0 Å². The van der Waals surface area contributed by atoms with Crippen molar-refractivity contribution in [1.82, 2.24) is 0 Å². The van der Waals surface area contributed by atoms with Crippen LogP contribution in [-0.2, 0) is 4.74 Å². The molecule has 1 saturated heterocycles. The van der Waals surface area contributed by atoms with Crippen LogP contribution in [0.4, 0.5) is 0 Å². The third-order valence-corrected chi connectivity index (χ3v) is 4.18. The molecule has 1 aliphatic rings. The van der Waals surface area contributed by atoms with E-state index in [9.17, 15) is 4.79 Å². The Morgan fingerprint density at radius 2 is 1.79 bits per heavy atom. The zero-order valence-corrected chi connectivity index (χ0v) is 12.8. The molecule has 2 heteroatoms. The van der Waals surface area contributed by atoms with Gasteiger partial charge in [0.1, 0.15) is 0 Å². The van der Waals surface area contributed by atoms with Crippen LogP contribution in [0.2, 0.25) is 0 Å². The number of carbonyl (C=O) groups is 1. The summed E-state index contributed by atoms with van der Waals surface area (Å²) in [7, 11) is 0. The number of benzene rings is 1. The maximum absolute atomic E-state index is 12.7. The van der Waals surface area contributed by atoms with Crippen LogP contribution < -0.4 is 0 Å². The molecule has 2 rings (SSSR count). The second-order valence-electron chi connectivity index (χ2n) is 6.89. The van der Waals surface area contributed by atoms with E-state index in [1.807, 2.05) is 39.0 Å². The first-order valence-corrected chi connectivity index (χ1v) is 6.94. The Kier molecular flexibility index (Phi) is 3.34. The molecule has 0 aliphatic carbocycles. The smallest absolute Gasteiger partial charge is 0.168 e. The fourth-order valence-electron chi connectivity index (χ4n) is 3.07. The molecule has 0 radical (unpaired) electrons. The van der Waals surface area contributed by atoms with Crippen LogP contribution in [0.3, 0.4) is 0 Å². The molecule has 1 aliphatic heterocycles. The average molecular weight is 260 g/mol. The van der Waals surface area contributed by atoms with Gasteiger partial charge in [-0.05, 0) is 65.2 Å². The molecule has 0 saturated carbocycles. The van der Waals surface area contributed by atoms with E-state index in [2.05, 4.69) is 20.8 Å². The van der Waals surface area contributed by atoms with Gasteiger partial charge in [-0.25, -0.2) is 0 Å². The molecule has 1 aromatic rings. The van der Waals surface area contributed by atoms with Crippen molar-refractivity contribution in [2.75, 3.05) is 0 Å². The summed E-state index contributed by atoms with van der Waals surface area (Å²) < 4.78 is 6.02. The third kappa shape index (κ3) is 2.74. The normalized spacial score (nSPS) is 24.4. The van der Waals surface area contributed by atoms with Gasteiger partial charge in [0, 0.05) is 5.56 Å². The third-order valence-electron chi connectivity index (χ3n) is 4.18. The molecule has 0 bridgehead atoms. The molecule has 0 N–H and O–H groups in total. The van der Waals surface area contributed by atoms with E-state index in [0.717, 1.165) is 12.0 Å². The highest BCUT2D eigenvalue weighted by atomic mass is 16.5. The first kappa shape index (κ1) is 14.3. The Bertz CT molecular complexity index is 512. The summed E-state index contributed by atoms with van der Waals surface area (Å²) in [6, 6.07) is 5.96. The number of hydrogen-bond donors (Lipinski definition) is 0. The molecule has 0 amide bonds. The highest BCUT2D eigenvalue weighted by Gasteiger charge is 2.49. The molecule has 104 valence electrons. The van der Waals surface area contributed by atoms with Crippen LogP contribution in [0.15, 0.2) is 18.2 Å². The summed E-state index contributed by atoms with van der Waals surface area (Å²) in [6.07, 6.45) is 0.783. The largest absolute Gasteiger partial charge is 0.369 e. The van der Waals surface area contributed by atoms with Crippen LogP contribution in [0, 0.1) is 19.8 Å². The lowest BCUT2D eigenvalue weighted by atomic mass is 9.81. The minimum atomic E-state index is -0.390. The molecule has 1 heterocycles. The van der Waals surface area contributed by atoms with E-state index in [1.54, 1.807) is 0 Å². The monoisotopic (exact) mass is 260 g/mol. The van der Waals surface area contributed by atoms with E-state index in [-0.39, 0.29) is 22.9 Å². The molecule has 1 fully saturated rings. The second-order valence-corrected chi connectivity index (χ2v) is 6.89. The fraction of sp³-hybridized carbons (Fsp3) is 0.588. The van der Waals surface area contributed by atoms with Gasteiger partial charge in [-0.1, -0.05) is 12.1 Å². The van der Waals surface area contributed by atoms with Gasteiger partial charge in [0.15, 0.2) is 5.78 Å². The van der Waals surface area contributed by atoms with Gasteiger partial charge < -0.3 is 4.74 Å². The second kappa shape index (κ2) is 4.45. The fourth-order valence-corrected chi connectivity index (χ4v) is 3.07. The minimum absolute atomic E-state index is 0.0652. The molecule has 1 atom stereocenters. The quantitative estimate of drug-likeness (QED) is 0.749. The minimum Gasteiger partial charge on any atom is -0.369 e. The molecular weight excluding hydrogens is 236 g/mol. The van der Waals surface area contributed by atoms with Gasteiger partial charge in [0.25, 0.3) is 0 Å². The number of hydrogen-bond acceptors (Lipinski definition) is 2. The lowest BCUT2D eigenvalue weighted by molar-refractivity contribution is -0.0712. The summed E-state index contributed by atoms with van der Waals surface area (Å²) in [4.78, 5) is 12.7. The topological polar surface area (TPSA) is 26.3 Å². The predicted octanol–water partition coefficient (Wildman–Crippen LogP) is 4.08. The van der Waals surface area contributed by atoms with Crippen molar-refractivity contribution < 1.29 is 9.53 Å². The molecule has 19 heavy (non-hydrogen) atoms. The summed E-state index contributed by atoms with van der Waals surface area (Å²) in [5.74, 6) is 0.142. The Balaban J connectivity index is 2.31. The maximum Gasteiger partial charge on any atom is 0.168 e. The maximum atomic E-state index is 12.7. The standard InChI is InChI=1S/C17H24O2/c1-11-7-8-13(9-12(11)2)15(18)14-10-16(3,4)19-17(14,5)6/h7-9,14H,10H2,1-6H3. The number of ketones is 1. The van der Waals surface area contributed by atoms with E-state index in [1.165, 1.54) is 11.1 Å². The molecule has 1 aromatic carbocycles. The van der Waals surface area contributed by atoms with E-state index in [4.69, 9.17) is 4.74 Å². The number of rotatable bonds is 2. The first-order valence-electron chi connectivity index (χ1n) is 6.94. The molecule has 0 aromatic heterocycles. The lowest BCUT2D eigenvalue weighted by Gasteiger charge is -2.26. The van der Waals surface area contributed by atoms with Crippen LogP contribution in [0.1, 0.15) is 55.6 Å². The Labute approximate surface area is 116 Å². The summed E-state index contributed by atoms with van der Waals surface area (Å²) in [5.41, 5.74) is 2.59. The van der Waals surface area contributed by atoms with Gasteiger partial charge in [0.05, 0.1) is 17.1 Å². The molecule has 0 spiro atoms. The highest BCUT2D eigenvalue weighted by Crippen LogP contribution is 2.43. The van der Waals surface area contributed by atoms with Crippen molar-refractivity contribution in [2.24, 2.45) is 5.92 Å². The molecule has 1 unspecified atom stereocenters. The van der Waals surface area contributed by atoms with Crippen LogP contribution >= 0.6 is 0 Å². The number of Topliss-reactive ketones (excluding diaryl/α,β-unsaturated/α-hetero) is 1.